The molecule has 0 radical (unpaired) electrons. The van der Waals surface area contributed by atoms with Crippen molar-refractivity contribution in [3.05, 3.63) is 24.2 Å². The van der Waals surface area contributed by atoms with Crippen molar-refractivity contribution in [3.63, 3.8) is 0 Å². The van der Waals surface area contributed by atoms with E-state index < -0.39 is 5.54 Å². The maximum absolute atomic E-state index is 11.3. The molecule has 1 aromatic heterocycles. The first kappa shape index (κ1) is 10.8. The number of hydrogen-bond donors (Lipinski definition) is 1. The average molecular weight is 197 g/mol. The average Bonchev–Trinajstić information content (AvgIpc) is 2.66. The highest BCUT2D eigenvalue weighted by atomic mass is 16.5. The number of methoxy groups -OCH3 is 1. The van der Waals surface area contributed by atoms with Crippen molar-refractivity contribution in [2.45, 2.75) is 25.9 Å². The van der Waals surface area contributed by atoms with Crippen LogP contribution in [0, 0.1) is 0 Å². The Morgan fingerprint density at radius 3 is 2.86 bits per heavy atom. The molecule has 0 spiro atoms. The molecule has 0 saturated heterocycles. The van der Waals surface area contributed by atoms with Crippen LogP contribution in [0.4, 0.5) is 0 Å². The molecule has 1 N–H and O–H groups in total. The third-order valence-electron chi connectivity index (χ3n) is 2.01. The van der Waals surface area contributed by atoms with E-state index in [-0.39, 0.29) is 5.97 Å². The van der Waals surface area contributed by atoms with Gasteiger partial charge in [-0.3, -0.25) is 10.1 Å². The van der Waals surface area contributed by atoms with Gasteiger partial charge >= 0.3 is 5.97 Å². The topological polar surface area (TPSA) is 51.5 Å². The van der Waals surface area contributed by atoms with Crippen LogP contribution in [-0.4, -0.2) is 18.6 Å². The van der Waals surface area contributed by atoms with Crippen LogP contribution in [0.15, 0.2) is 23.0 Å². The quantitative estimate of drug-likeness (QED) is 0.740. The normalized spacial score (nSPS) is 11.4. The number of rotatable bonds is 4. The van der Waals surface area contributed by atoms with Gasteiger partial charge in [0.05, 0.1) is 19.6 Å². The summed E-state index contributed by atoms with van der Waals surface area (Å²) < 4.78 is 9.57. The van der Waals surface area contributed by atoms with Crippen molar-refractivity contribution < 1.29 is 13.9 Å². The summed E-state index contributed by atoms with van der Waals surface area (Å²) in [5, 5.41) is 3.08. The molecule has 0 aliphatic rings. The number of hydrogen-bond acceptors (Lipinski definition) is 4. The van der Waals surface area contributed by atoms with Crippen molar-refractivity contribution in [1.29, 1.82) is 0 Å². The Labute approximate surface area is 83.2 Å². The molecule has 0 aromatic carbocycles. The summed E-state index contributed by atoms with van der Waals surface area (Å²) >= 11 is 0. The summed E-state index contributed by atoms with van der Waals surface area (Å²) in [6, 6.07) is 1.85. The lowest BCUT2D eigenvalue weighted by atomic mass is 10.1. The van der Waals surface area contributed by atoms with Crippen LogP contribution in [-0.2, 0) is 16.1 Å². The zero-order chi connectivity index (χ0) is 10.6. The van der Waals surface area contributed by atoms with E-state index >= 15 is 0 Å². The fraction of sp³-hybridized carbons (Fsp3) is 0.500. The lowest BCUT2D eigenvalue weighted by molar-refractivity contribution is -0.147. The van der Waals surface area contributed by atoms with Gasteiger partial charge in [0.15, 0.2) is 0 Å². The standard InChI is InChI=1S/C10H15NO3/c1-10(2,9(12)13-3)11-6-8-4-5-14-7-8/h4-5,7,11H,6H2,1-3H3. The molecule has 1 rings (SSSR count). The highest BCUT2D eigenvalue weighted by Gasteiger charge is 2.27. The summed E-state index contributed by atoms with van der Waals surface area (Å²) in [6.45, 7) is 4.14. The van der Waals surface area contributed by atoms with E-state index in [1.807, 2.05) is 6.07 Å². The van der Waals surface area contributed by atoms with Gasteiger partial charge in [0.2, 0.25) is 0 Å². The van der Waals surface area contributed by atoms with Gasteiger partial charge in [-0.1, -0.05) is 0 Å². The SMILES string of the molecule is COC(=O)C(C)(C)NCc1ccoc1. The first-order valence-electron chi connectivity index (χ1n) is 4.41. The molecule has 0 amide bonds. The summed E-state index contributed by atoms with van der Waals surface area (Å²) in [4.78, 5) is 11.3. The van der Waals surface area contributed by atoms with E-state index in [0.717, 1.165) is 5.56 Å². The van der Waals surface area contributed by atoms with Gasteiger partial charge in [-0.25, -0.2) is 0 Å². The van der Waals surface area contributed by atoms with Gasteiger partial charge in [-0.2, -0.15) is 0 Å². The molecule has 14 heavy (non-hydrogen) atoms. The van der Waals surface area contributed by atoms with E-state index in [0.29, 0.717) is 6.54 Å². The predicted molar refractivity (Wildman–Crippen MR) is 51.6 cm³/mol. The van der Waals surface area contributed by atoms with Gasteiger partial charge in [-0.05, 0) is 19.9 Å². The minimum Gasteiger partial charge on any atom is -0.472 e. The van der Waals surface area contributed by atoms with Crippen LogP contribution < -0.4 is 5.32 Å². The molecule has 0 bridgehead atoms. The van der Waals surface area contributed by atoms with Gasteiger partial charge < -0.3 is 9.15 Å². The second-order valence-electron chi connectivity index (χ2n) is 3.60. The van der Waals surface area contributed by atoms with Crippen LogP contribution in [0.5, 0.6) is 0 Å². The second-order valence-corrected chi connectivity index (χ2v) is 3.60. The molecule has 4 nitrogen and oxygen atoms in total. The Morgan fingerprint density at radius 2 is 2.36 bits per heavy atom. The van der Waals surface area contributed by atoms with E-state index in [2.05, 4.69) is 10.1 Å². The van der Waals surface area contributed by atoms with Gasteiger partial charge in [0, 0.05) is 12.1 Å². The van der Waals surface area contributed by atoms with Crippen LogP contribution in [0.2, 0.25) is 0 Å². The first-order chi connectivity index (χ1) is 6.56. The molecular formula is C10H15NO3. The summed E-state index contributed by atoms with van der Waals surface area (Å²) in [5.41, 5.74) is 0.327. The number of esters is 1. The highest BCUT2D eigenvalue weighted by molar-refractivity contribution is 5.79. The molecule has 78 valence electrons. The van der Waals surface area contributed by atoms with Gasteiger partial charge in [0.25, 0.3) is 0 Å². The Kier molecular flexibility index (Phi) is 3.30. The second kappa shape index (κ2) is 4.28. The van der Waals surface area contributed by atoms with Gasteiger partial charge in [0.1, 0.15) is 5.54 Å². The Hall–Kier alpha value is -1.29. The van der Waals surface area contributed by atoms with Crippen LogP contribution in [0.1, 0.15) is 19.4 Å². The number of furan rings is 1. The van der Waals surface area contributed by atoms with Gasteiger partial charge in [-0.15, -0.1) is 0 Å². The summed E-state index contributed by atoms with van der Waals surface area (Å²) in [7, 11) is 1.38. The third-order valence-corrected chi connectivity index (χ3v) is 2.01. The van der Waals surface area contributed by atoms with Crippen LogP contribution >= 0.6 is 0 Å². The molecule has 4 heteroatoms. The number of ether oxygens (including phenoxy) is 1. The van der Waals surface area contributed by atoms with E-state index in [1.165, 1.54) is 7.11 Å². The lowest BCUT2D eigenvalue weighted by Gasteiger charge is -2.22. The third kappa shape index (κ3) is 2.60. The molecule has 0 unspecified atom stereocenters. The fourth-order valence-corrected chi connectivity index (χ4v) is 1.04. The number of nitrogens with one attached hydrogen (secondary N) is 1. The van der Waals surface area contributed by atoms with E-state index in [1.54, 1.807) is 26.4 Å². The first-order valence-corrected chi connectivity index (χ1v) is 4.41. The van der Waals surface area contributed by atoms with Crippen molar-refractivity contribution in [1.82, 2.24) is 5.32 Å². The Morgan fingerprint density at radius 1 is 1.64 bits per heavy atom. The summed E-state index contributed by atoms with van der Waals surface area (Å²) in [6.07, 6.45) is 3.24. The molecule has 0 fully saturated rings. The molecular weight excluding hydrogens is 182 g/mol. The van der Waals surface area contributed by atoms with E-state index in [9.17, 15) is 4.79 Å². The van der Waals surface area contributed by atoms with Crippen molar-refractivity contribution in [2.75, 3.05) is 7.11 Å². The smallest absolute Gasteiger partial charge is 0.325 e. The zero-order valence-electron chi connectivity index (χ0n) is 8.66. The van der Waals surface area contributed by atoms with Crippen molar-refractivity contribution in [3.8, 4) is 0 Å². The predicted octanol–water partition coefficient (Wildman–Crippen LogP) is 1.32. The fourth-order valence-electron chi connectivity index (χ4n) is 1.04. The molecule has 0 aliphatic carbocycles. The molecule has 0 atom stereocenters. The maximum atomic E-state index is 11.3. The van der Waals surface area contributed by atoms with E-state index in [4.69, 9.17) is 4.42 Å². The Bertz CT molecular complexity index is 290. The number of carbonyl (C=O) groups excluding carboxylic acids is 1. The molecule has 0 saturated carbocycles. The maximum Gasteiger partial charge on any atom is 0.325 e. The minimum absolute atomic E-state index is 0.277. The molecule has 1 aromatic rings. The number of carbonyl (C=O) groups is 1. The summed E-state index contributed by atoms with van der Waals surface area (Å²) in [5.74, 6) is -0.277. The Balaban J connectivity index is 2.48. The minimum atomic E-state index is -0.675. The largest absolute Gasteiger partial charge is 0.472 e. The van der Waals surface area contributed by atoms with Crippen molar-refractivity contribution >= 4 is 5.97 Å². The molecule has 0 aliphatic heterocycles. The molecule has 1 heterocycles. The zero-order valence-corrected chi connectivity index (χ0v) is 8.66. The highest BCUT2D eigenvalue weighted by Crippen LogP contribution is 2.07. The van der Waals surface area contributed by atoms with Crippen LogP contribution in [0.25, 0.3) is 0 Å². The lowest BCUT2D eigenvalue weighted by Crippen LogP contribution is -2.46. The monoisotopic (exact) mass is 197 g/mol. The van der Waals surface area contributed by atoms with Crippen LogP contribution in [0.3, 0.4) is 0 Å². The van der Waals surface area contributed by atoms with Crippen molar-refractivity contribution in [2.24, 2.45) is 0 Å².